The second-order valence-corrected chi connectivity index (χ2v) is 13.2. The molecule has 10 nitrogen and oxygen atoms in total. The summed E-state index contributed by atoms with van der Waals surface area (Å²) in [5.41, 5.74) is -0.619. The molecule has 3 aromatic heterocycles. The summed E-state index contributed by atoms with van der Waals surface area (Å²) in [6.45, 7) is 10.7. The maximum absolute atomic E-state index is 14.6. The molecule has 12 heteroatoms. The molecular formula is C31H38FN5O5S. The maximum atomic E-state index is 14.6. The molecule has 0 saturated heterocycles. The number of carbonyl (C=O) groups is 1. The number of rotatable bonds is 11. The van der Waals surface area contributed by atoms with Crippen molar-refractivity contribution >= 4 is 27.3 Å². The third-order valence-electron chi connectivity index (χ3n) is 8.23. The quantitative estimate of drug-likeness (QED) is 0.266. The van der Waals surface area contributed by atoms with E-state index in [1.165, 1.54) is 45.2 Å². The fourth-order valence-electron chi connectivity index (χ4n) is 5.69. The molecular weight excluding hydrogens is 573 g/mol. The highest BCUT2D eigenvalue weighted by Gasteiger charge is 2.37. The van der Waals surface area contributed by atoms with Crippen LogP contribution in [-0.2, 0) is 28.0 Å². The number of nitrogens with zero attached hydrogens (tertiary/aromatic N) is 5. The van der Waals surface area contributed by atoms with Crippen LogP contribution < -0.4 is 11.2 Å². The van der Waals surface area contributed by atoms with E-state index in [4.69, 9.17) is 4.74 Å². The first kappa shape index (κ1) is 31.0. The monoisotopic (exact) mass is 611 g/mol. The Kier molecular flexibility index (Phi) is 8.56. The first-order chi connectivity index (χ1) is 20.3. The fourth-order valence-corrected chi connectivity index (χ4v) is 6.91. The van der Waals surface area contributed by atoms with Gasteiger partial charge in [0, 0.05) is 12.0 Å². The minimum Gasteiger partial charge on any atom is -0.393 e. The summed E-state index contributed by atoms with van der Waals surface area (Å²) in [5, 5.41) is 19.3. The zero-order valence-electron chi connectivity index (χ0n) is 25.3. The van der Waals surface area contributed by atoms with Gasteiger partial charge in [-0.25, -0.2) is 13.8 Å². The summed E-state index contributed by atoms with van der Waals surface area (Å²) >= 11 is 1.20. The Morgan fingerprint density at radius 1 is 1.21 bits per heavy atom. The number of halogens is 1. The van der Waals surface area contributed by atoms with Crippen LogP contribution in [0.15, 0.2) is 40.2 Å². The predicted octanol–water partition coefficient (Wildman–Crippen LogP) is 4.45. The lowest BCUT2D eigenvalue weighted by Crippen LogP contribution is -2.53. The summed E-state index contributed by atoms with van der Waals surface area (Å²) < 4.78 is 23.6. The highest BCUT2D eigenvalue weighted by Crippen LogP contribution is 2.35. The molecule has 1 fully saturated rings. The number of aromatic nitrogens is 5. The summed E-state index contributed by atoms with van der Waals surface area (Å²) in [6.07, 6.45) is 3.20. The van der Waals surface area contributed by atoms with Gasteiger partial charge < -0.3 is 9.84 Å². The molecule has 5 rings (SSSR count). The molecule has 1 saturated carbocycles. The van der Waals surface area contributed by atoms with E-state index in [-0.39, 0.29) is 36.2 Å². The zero-order chi connectivity index (χ0) is 31.2. The number of aliphatic hydroxyl groups is 1. The first-order valence-corrected chi connectivity index (χ1v) is 15.5. The van der Waals surface area contributed by atoms with Gasteiger partial charge in [-0.15, -0.1) is 4.80 Å². The molecule has 0 bridgehead atoms. The van der Waals surface area contributed by atoms with E-state index in [0.717, 1.165) is 10.1 Å². The zero-order valence-corrected chi connectivity index (χ0v) is 26.2. The van der Waals surface area contributed by atoms with E-state index in [2.05, 4.69) is 10.2 Å². The Morgan fingerprint density at radius 3 is 2.49 bits per heavy atom. The molecule has 0 amide bonds. The van der Waals surface area contributed by atoms with E-state index in [9.17, 15) is 23.9 Å². The Labute approximate surface area is 252 Å². The minimum absolute atomic E-state index is 0.0323. The van der Waals surface area contributed by atoms with Gasteiger partial charge in [0.05, 0.1) is 36.5 Å². The van der Waals surface area contributed by atoms with Crippen LogP contribution in [-0.4, -0.2) is 47.2 Å². The van der Waals surface area contributed by atoms with E-state index >= 15 is 0 Å². The van der Waals surface area contributed by atoms with Gasteiger partial charge in [-0.1, -0.05) is 38.2 Å². The van der Waals surface area contributed by atoms with Crippen LogP contribution in [0.2, 0.25) is 0 Å². The van der Waals surface area contributed by atoms with Crippen LogP contribution in [0.5, 0.6) is 0 Å². The number of ketones is 1. The summed E-state index contributed by atoms with van der Waals surface area (Å²) in [5.74, 6) is -0.634. The standard InChI is InChI=1S/C31H38FN5O5S/c1-7-19-8-9-20(32)13-23(19)24(42-22-14-21(38)15-22)16-35-29-26(18(4)28(43-29)37-33-10-11-34-37)27(40)36(30(35)41)31(5,6)25(39)12-17(2)3/h8-11,13,17,21-22,24,38H,7,12,14-16H2,1-6H3/t21?,22?,24-/m0/s1. The van der Waals surface area contributed by atoms with Gasteiger partial charge >= 0.3 is 5.69 Å². The molecule has 1 aromatic carbocycles. The number of aryl methyl sites for hydroxylation is 2. The molecule has 4 aromatic rings. The highest BCUT2D eigenvalue weighted by molar-refractivity contribution is 7.21. The van der Waals surface area contributed by atoms with E-state index < -0.39 is 34.8 Å². The average Bonchev–Trinajstić information content (AvgIpc) is 3.57. The molecule has 3 heterocycles. The Morgan fingerprint density at radius 2 is 1.88 bits per heavy atom. The van der Waals surface area contributed by atoms with Crippen LogP contribution in [0, 0.1) is 18.7 Å². The smallest absolute Gasteiger partial charge is 0.333 e. The van der Waals surface area contributed by atoms with Crippen LogP contribution in [0.25, 0.3) is 15.2 Å². The lowest BCUT2D eigenvalue weighted by molar-refractivity contribution is -0.127. The molecule has 1 atom stereocenters. The number of hydrogen-bond donors (Lipinski definition) is 1. The van der Waals surface area contributed by atoms with Gasteiger partial charge in [0.2, 0.25) is 0 Å². The van der Waals surface area contributed by atoms with Crippen molar-refractivity contribution in [3.8, 4) is 5.00 Å². The number of ether oxygens (including phenoxy) is 1. The Hall–Kier alpha value is -3.48. The summed E-state index contributed by atoms with van der Waals surface area (Å²) in [7, 11) is 0. The number of aliphatic hydroxyl groups excluding tert-OH is 1. The lowest BCUT2D eigenvalue weighted by Gasteiger charge is -2.35. The van der Waals surface area contributed by atoms with Crippen molar-refractivity contribution in [2.24, 2.45) is 5.92 Å². The van der Waals surface area contributed by atoms with Crippen molar-refractivity contribution in [1.29, 1.82) is 0 Å². The predicted molar refractivity (Wildman–Crippen MR) is 162 cm³/mol. The number of carbonyl (C=O) groups excluding carboxylic acids is 1. The average molecular weight is 612 g/mol. The number of fused-ring (bicyclic) bond motifs is 1. The van der Waals surface area contributed by atoms with Gasteiger partial charge in [0.15, 0.2) is 5.78 Å². The van der Waals surface area contributed by atoms with Crippen LogP contribution in [0.3, 0.4) is 0 Å². The van der Waals surface area contributed by atoms with Crippen molar-refractivity contribution < 1.29 is 19.0 Å². The van der Waals surface area contributed by atoms with Crippen molar-refractivity contribution in [2.45, 2.75) is 97.6 Å². The third kappa shape index (κ3) is 5.75. The summed E-state index contributed by atoms with van der Waals surface area (Å²) in [4.78, 5) is 43.9. The molecule has 1 N–H and O–H groups in total. The van der Waals surface area contributed by atoms with E-state index in [0.29, 0.717) is 40.2 Å². The van der Waals surface area contributed by atoms with Gasteiger partial charge in [-0.2, -0.15) is 10.2 Å². The SMILES string of the molecule is CCc1ccc(F)cc1[C@H](Cn1c(=O)n(C(C)(C)C(=O)CC(C)C)c(=O)c2c(C)c(-n3nccn3)sc21)OC1CC(O)C1. The van der Waals surface area contributed by atoms with Crippen molar-refractivity contribution in [1.82, 2.24) is 24.1 Å². The second-order valence-electron chi connectivity index (χ2n) is 12.2. The lowest BCUT2D eigenvalue weighted by atomic mass is 9.91. The Balaban J connectivity index is 1.76. The number of Topliss-reactive ketones (excluding diaryl/α,β-unsaturated/α-hetero) is 1. The molecule has 0 radical (unpaired) electrons. The maximum Gasteiger partial charge on any atom is 0.333 e. The first-order valence-electron chi connectivity index (χ1n) is 14.6. The topological polar surface area (TPSA) is 121 Å². The number of hydrogen-bond acceptors (Lipinski definition) is 8. The number of thiophene rings is 1. The van der Waals surface area contributed by atoms with Gasteiger partial charge in [-0.05, 0) is 69.2 Å². The molecule has 0 spiro atoms. The number of benzene rings is 1. The largest absolute Gasteiger partial charge is 0.393 e. The molecule has 1 aliphatic carbocycles. The van der Waals surface area contributed by atoms with E-state index in [1.807, 2.05) is 20.8 Å². The van der Waals surface area contributed by atoms with Crippen LogP contribution in [0.1, 0.15) is 76.7 Å². The van der Waals surface area contributed by atoms with Crippen molar-refractivity contribution in [3.05, 3.63) is 73.9 Å². The molecule has 0 aliphatic heterocycles. The van der Waals surface area contributed by atoms with Crippen LogP contribution >= 0.6 is 11.3 Å². The normalized spacial score (nSPS) is 17.9. The van der Waals surface area contributed by atoms with Gasteiger partial charge in [0.25, 0.3) is 5.56 Å². The second kappa shape index (κ2) is 11.9. The van der Waals surface area contributed by atoms with Crippen molar-refractivity contribution in [3.63, 3.8) is 0 Å². The molecule has 1 aliphatic rings. The van der Waals surface area contributed by atoms with Gasteiger partial charge in [0.1, 0.15) is 27.3 Å². The summed E-state index contributed by atoms with van der Waals surface area (Å²) in [6, 6.07) is 4.53. The molecule has 230 valence electrons. The highest BCUT2D eigenvalue weighted by atomic mass is 32.1. The fraction of sp³-hybridized carbons (Fsp3) is 0.516. The third-order valence-corrected chi connectivity index (χ3v) is 9.51. The van der Waals surface area contributed by atoms with Gasteiger partial charge in [-0.3, -0.25) is 14.2 Å². The molecule has 0 unspecified atom stereocenters. The van der Waals surface area contributed by atoms with Crippen molar-refractivity contribution in [2.75, 3.05) is 0 Å². The van der Waals surface area contributed by atoms with E-state index in [1.54, 1.807) is 26.8 Å². The Bertz CT molecular complexity index is 1770. The molecule has 43 heavy (non-hydrogen) atoms. The minimum atomic E-state index is -1.44. The van der Waals surface area contributed by atoms with Crippen LogP contribution in [0.4, 0.5) is 4.39 Å².